The molecule has 0 aromatic carbocycles. The third-order valence-electron chi connectivity index (χ3n) is 2.55. The highest BCUT2D eigenvalue weighted by Crippen LogP contribution is 2.31. The molecule has 0 radical (unpaired) electrons. The van der Waals surface area contributed by atoms with Gasteiger partial charge in [0.15, 0.2) is 0 Å². The number of rotatable bonds is 4. The third kappa shape index (κ3) is 2.67. The molecular weight excluding hydrogens is 192 g/mol. The summed E-state index contributed by atoms with van der Waals surface area (Å²) >= 11 is 0. The Morgan fingerprint density at radius 3 is 2.60 bits per heavy atom. The summed E-state index contributed by atoms with van der Waals surface area (Å²) in [6, 6.07) is 3.53. The van der Waals surface area contributed by atoms with Crippen molar-refractivity contribution >= 4 is 0 Å². The summed E-state index contributed by atoms with van der Waals surface area (Å²) in [4.78, 5) is 4.04. The molecule has 3 N–H and O–H groups in total. The number of nitrogens with zero attached hydrogens (tertiary/aromatic N) is 1. The van der Waals surface area contributed by atoms with Crippen molar-refractivity contribution in [1.82, 2.24) is 4.98 Å². The zero-order valence-corrected chi connectivity index (χ0v) is 9.40. The van der Waals surface area contributed by atoms with Gasteiger partial charge in [0.1, 0.15) is 0 Å². The molecule has 0 saturated carbocycles. The minimum Gasteiger partial charge on any atom is -0.481 e. The lowest BCUT2D eigenvalue weighted by molar-refractivity contribution is 0.0551. The Bertz CT molecular complexity index is 309. The third-order valence-corrected chi connectivity index (χ3v) is 2.55. The van der Waals surface area contributed by atoms with Gasteiger partial charge in [-0.2, -0.15) is 0 Å². The first-order valence-electron chi connectivity index (χ1n) is 4.89. The summed E-state index contributed by atoms with van der Waals surface area (Å²) in [5, 5.41) is 10.1. The number of pyridine rings is 1. The van der Waals surface area contributed by atoms with Crippen LogP contribution in [0, 0.1) is 5.41 Å². The Morgan fingerprint density at radius 1 is 1.53 bits per heavy atom. The molecule has 0 spiro atoms. The van der Waals surface area contributed by atoms with Gasteiger partial charge < -0.3 is 15.6 Å². The van der Waals surface area contributed by atoms with Gasteiger partial charge in [-0.1, -0.05) is 13.8 Å². The van der Waals surface area contributed by atoms with E-state index in [9.17, 15) is 5.11 Å². The quantitative estimate of drug-likeness (QED) is 0.781. The van der Waals surface area contributed by atoms with Gasteiger partial charge in [0.2, 0.25) is 5.88 Å². The van der Waals surface area contributed by atoms with E-state index in [4.69, 9.17) is 10.5 Å². The van der Waals surface area contributed by atoms with E-state index in [1.165, 1.54) is 0 Å². The molecule has 0 aliphatic heterocycles. The lowest BCUT2D eigenvalue weighted by atomic mass is 9.83. The van der Waals surface area contributed by atoms with Crippen molar-refractivity contribution < 1.29 is 9.84 Å². The summed E-state index contributed by atoms with van der Waals surface area (Å²) in [5.41, 5.74) is 6.00. The molecule has 0 fully saturated rings. The van der Waals surface area contributed by atoms with Gasteiger partial charge in [0.25, 0.3) is 0 Å². The number of methoxy groups -OCH3 is 1. The molecule has 1 heterocycles. The van der Waals surface area contributed by atoms with Crippen LogP contribution in [0.2, 0.25) is 0 Å². The van der Waals surface area contributed by atoms with E-state index in [1.807, 2.05) is 13.8 Å². The molecule has 84 valence electrons. The molecule has 0 bridgehead atoms. The van der Waals surface area contributed by atoms with Crippen molar-refractivity contribution in [2.45, 2.75) is 20.0 Å². The smallest absolute Gasteiger partial charge is 0.212 e. The van der Waals surface area contributed by atoms with Crippen molar-refractivity contribution in [2.75, 3.05) is 13.7 Å². The monoisotopic (exact) mass is 210 g/mol. The van der Waals surface area contributed by atoms with E-state index < -0.39 is 6.10 Å². The van der Waals surface area contributed by atoms with Crippen molar-refractivity contribution in [3.8, 4) is 5.88 Å². The fraction of sp³-hybridized carbons (Fsp3) is 0.545. The van der Waals surface area contributed by atoms with E-state index in [1.54, 1.807) is 25.4 Å². The summed E-state index contributed by atoms with van der Waals surface area (Å²) in [6.07, 6.45) is 1.00. The molecule has 0 saturated heterocycles. The predicted octanol–water partition coefficient (Wildman–Crippen LogP) is 1.11. The van der Waals surface area contributed by atoms with E-state index in [2.05, 4.69) is 4.98 Å². The lowest BCUT2D eigenvalue weighted by Gasteiger charge is -2.28. The Balaban J connectivity index is 2.87. The van der Waals surface area contributed by atoms with Gasteiger partial charge in [-0.05, 0) is 11.6 Å². The predicted molar refractivity (Wildman–Crippen MR) is 58.6 cm³/mol. The summed E-state index contributed by atoms with van der Waals surface area (Å²) in [5.74, 6) is 0.538. The number of aromatic nitrogens is 1. The van der Waals surface area contributed by atoms with Crippen LogP contribution in [0.4, 0.5) is 0 Å². The standard InChI is InChI=1S/C11H18N2O2/c1-11(2,7-12)10(14)8-4-5-9(15-3)13-6-8/h4-6,10,14H,7,12H2,1-3H3. The molecule has 1 unspecified atom stereocenters. The van der Waals surface area contributed by atoms with Gasteiger partial charge in [-0.15, -0.1) is 0 Å². The SMILES string of the molecule is COc1ccc(C(O)C(C)(C)CN)cn1. The van der Waals surface area contributed by atoms with Crippen LogP contribution in [0.1, 0.15) is 25.5 Å². The van der Waals surface area contributed by atoms with Crippen molar-refractivity contribution in [3.63, 3.8) is 0 Å². The van der Waals surface area contributed by atoms with Crippen molar-refractivity contribution in [1.29, 1.82) is 0 Å². The molecule has 1 aromatic rings. The van der Waals surface area contributed by atoms with Gasteiger partial charge in [0.05, 0.1) is 13.2 Å². The highest BCUT2D eigenvalue weighted by atomic mass is 16.5. The minimum atomic E-state index is -0.610. The lowest BCUT2D eigenvalue weighted by Crippen LogP contribution is -2.30. The molecule has 4 heteroatoms. The molecule has 4 nitrogen and oxygen atoms in total. The molecule has 1 aromatic heterocycles. The van der Waals surface area contributed by atoms with Crippen LogP contribution in [-0.4, -0.2) is 23.7 Å². The molecule has 0 aliphatic rings. The zero-order valence-electron chi connectivity index (χ0n) is 9.40. The maximum atomic E-state index is 10.1. The number of hydrogen-bond acceptors (Lipinski definition) is 4. The van der Waals surface area contributed by atoms with Crippen LogP contribution < -0.4 is 10.5 Å². The number of ether oxygens (including phenoxy) is 1. The maximum Gasteiger partial charge on any atom is 0.212 e. The first kappa shape index (κ1) is 11.9. The number of nitrogens with two attached hydrogens (primary N) is 1. The zero-order chi connectivity index (χ0) is 11.5. The largest absolute Gasteiger partial charge is 0.481 e. The average Bonchev–Trinajstić information content (AvgIpc) is 2.28. The summed E-state index contributed by atoms with van der Waals surface area (Å²) in [6.45, 7) is 4.25. The highest BCUT2D eigenvalue weighted by molar-refractivity contribution is 5.21. The second kappa shape index (κ2) is 4.59. The van der Waals surface area contributed by atoms with Crippen LogP contribution in [-0.2, 0) is 0 Å². The molecule has 1 atom stereocenters. The molecule has 0 amide bonds. The maximum absolute atomic E-state index is 10.1. The Morgan fingerprint density at radius 2 is 2.20 bits per heavy atom. The van der Waals surface area contributed by atoms with Gasteiger partial charge in [-0.25, -0.2) is 4.98 Å². The van der Waals surface area contributed by atoms with Crippen LogP contribution in [0.25, 0.3) is 0 Å². The normalized spacial score (nSPS) is 13.7. The molecule has 0 aliphatic carbocycles. The van der Waals surface area contributed by atoms with Crippen LogP contribution in [0.5, 0.6) is 5.88 Å². The molecular formula is C11H18N2O2. The second-order valence-corrected chi connectivity index (χ2v) is 4.23. The topological polar surface area (TPSA) is 68.4 Å². The molecule has 15 heavy (non-hydrogen) atoms. The number of aliphatic hydroxyl groups is 1. The van der Waals surface area contributed by atoms with Crippen LogP contribution >= 0.6 is 0 Å². The van der Waals surface area contributed by atoms with Gasteiger partial charge in [0, 0.05) is 24.2 Å². The van der Waals surface area contributed by atoms with E-state index >= 15 is 0 Å². The number of hydrogen-bond donors (Lipinski definition) is 2. The fourth-order valence-corrected chi connectivity index (χ4v) is 1.24. The minimum absolute atomic E-state index is 0.351. The van der Waals surface area contributed by atoms with Crippen LogP contribution in [0.3, 0.4) is 0 Å². The van der Waals surface area contributed by atoms with Gasteiger partial charge in [-0.3, -0.25) is 0 Å². The average molecular weight is 210 g/mol. The fourth-order valence-electron chi connectivity index (χ4n) is 1.24. The van der Waals surface area contributed by atoms with Gasteiger partial charge >= 0.3 is 0 Å². The van der Waals surface area contributed by atoms with Crippen LogP contribution in [0.15, 0.2) is 18.3 Å². The number of aliphatic hydroxyl groups excluding tert-OH is 1. The Labute approximate surface area is 90.1 Å². The van der Waals surface area contributed by atoms with E-state index in [0.717, 1.165) is 5.56 Å². The van der Waals surface area contributed by atoms with Crippen molar-refractivity contribution in [3.05, 3.63) is 23.9 Å². The Kier molecular flexibility index (Phi) is 3.66. The highest BCUT2D eigenvalue weighted by Gasteiger charge is 2.27. The summed E-state index contributed by atoms with van der Waals surface area (Å²) < 4.78 is 4.94. The van der Waals surface area contributed by atoms with Crippen molar-refractivity contribution in [2.24, 2.45) is 11.1 Å². The second-order valence-electron chi connectivity index (χ2n) is 4.23. The Hall–Kier alpha value is -1.13. The van der Waals surface area contributed by atoms with E-state index in [0.29, 0.717) is 12.4 Å². The summed E-state index contributed by atoms with van der Waals surface area (Å²) in [7, 11) is 1.56. The first-order valence-corrected chi connectivity index (χ1v) is 4.89. The van der Waals surface area contributed by atoms with E-state index in [-0.39, 0.29) is 5.41 Å². The molecule has 1 rings (SSSR count). The first-order chi connectivity index (χ1) is 7.01.